The number of alkyl halides is 3. The second kappa shape index (κ2) is 7.28. The van der Waals surface area contributed by atoms with Crippen LogP contribution in [0.25, 0.3) is 0 Å². The van der Waals surface area contributed by atoms with Crippen LogP contribution >= 0.6 is 0 Å². The van der Waals surface area contributed by atoms with E-state index in [4.69, 9.17) is 0 Å². The minimum Gasteiger partial charge on any atom is -0.466 e. The largest absolute Gasteiger partial charge is 0.466 e. The molecule has 0 saturated carbocycles. The van der Waals surface area contributed by atoms with Gasteiger partial charge < -0.3 is 15.0 Å². The molecule has 1 rings (SSSR count). The molecule has 0 radical (unpaired) electrons. The molecule has 1 heterocycles. The number of ether oxygens (including phenoxy) is 1. The van der Waals surface area contributed by atoms with Gasteiger partial charge >= 0.3 is 12.1 Å². The van der Waals surface area contributed by atoms with Crippen LogP contribution < -0.4 is 5.32 Å². The van der Waals surface area contributed by atoms with Crippen LogP contribution in [0, 0.1) is 5.92 Å². The lowest BCUT2D eigenvalue weighted by Crippen LogP contribution is -2.37. The van der Waals surface area contributed by atoms with E-state index in [-0.39, 0.29) is 32.5 Å². The number of carbonyl (C=O) groups is 3. The highest BCUT2D eigenvalue weighted by Crippen LogP contribution is 2.23. The Hall–Kier alpha value is -1.80. The molecule has 1 aliphatic heterocycles. The summed E-state index contributed by atoms with van der Waals surface area (Å²) in [7, 11) is 0. The summed E-state index contributed by atoms with van der Waals surface area (Å²) in [5.41, 5.74) is 0. The summed E-state index contributed by atoms with van der Waals surface area (Å²) < 4.78 is 41.3. The lowest BCUT2D eigenvalue weighted by molar-refractivity contribution is -0.157. The summed E-state index contributed by atoms with van der Waals surface area (Å²) in [5.74, 6) is -2.52. The molecule has 9 heteroatoms. The monoisotopic (exact) mass is 310 g/mol. The minimum atomic E-state index is -4.48. The van der Waals surface area contributed by atoms with Crippen molar-refractivity contribution in [3.05, 3.63) is 0 Å². The molecule has 0 aromatic heterocycles. The van der Waals surface area contributed by atoms with Gasteiger partial charge in [-0.15, -0.1) is 0 Å². The van der Waals surface area contributed by atoms with Gasteiger partial charge in [0.2, 0.25) is 11.8 Å². The number of amides is 2. The van der Waals surface area contributed by atoms with E-state index in [1.54, 1.807) is 6.92 Å². The predicted octanol–water partition coefficient (Wildman–Crippen LogP) is 0.467. The molecule has 0 aliphatic carbocycles. The highest BCUT2D eigenvalue weighted by atomic mass is 19.4. The molecule has 120 valence electrons. The molecule has 0 spiro atoms. The molecule has 0 bridgehead atoms. The predicted molar refractivity (Wildman–Crippen MR) is 65.0 cm³/mol. The summed E-state index contributed by atoms with van der Waals surface area (Å²) in [5, 5.41) is 2.42. The topological polar surface area (TPSA) is 75.7 Å². The lowest BCUT2D eigenvalue weighted by atomic mass is 10.1. The van der Waals surface area contributed by atoms with Crippen molar-refractivity contribution in [2.24, 2.45) is 5.92 Å². The SMILES string of the molecule is CCOC(=O)CCNC(=O)C1CC(=O)N(CC(F)(F)F)C1. The first kappa shape index (κ1) is 17.3. The van der Waals surface area contributed by atoms with Gasteiger partial charge in [-0.3, -0.25) is 14.4 Å². The number of likely N-dealkylation sites (tertiary alicyclic amines) is 1. The van der Waals surface area contributed by atoms with Gasteiger partial charge in [-0.1, -0.05) is 0 Å². The number of nitrogens with zero attached hydrogens (tertiary/aromatic N) is 1. The number of nitrogens with one attached hydrogen (secondary N) is 1. The van der Waals surface area contributed by atoms with E-state index in [2.05, 4.69) is 10.1 Å². The standard InChI is InChI=1S/C12H17F3N2O4/c1-2-21-10(19)3-4-16-11(20)8-5-9(18)17(6-8)7-12(13,14)15/h8H,2-7H2,1H3,(H,16,20). The lowest BCUT2D eigenvalue weighted by Gasteiger charge is -2.18. The number of halogens is 3. The van der Waals surface area contributed by atoms with E-state index in [1.165, 1.54) is 0 Å². The molecule has 1 aliphatic rings. The Labute approximate surface area is 119 Å². The third-order valence-corrected chi connectivity index (χ3v) is 2.89. The maximum atomic E-state index is 12.2. The first-order chi connectivity index (χ1) is 9.73. The van der Waals surface area contributed by atoms with E-state index in [0.717, 1.165) is 0 Å². The van der Waals surface area contributed by atoms with Crippen LogP contribution in [-0.4, -0.2) is 55.1 Å². The van der Waals surface area contributed by atoms with Gasteiger partial charge in [0.1, 0.15) is 6.54 Å². The third-order valence-electron chi connectivity index (χ3n) is 2.89. The van der Waals surface area contributed by atoms with Gasteiger partial charge in [-0.2, -0.15) is 13.2 Å². The molecule has 1 unspecified atom stereocenters. The smallest absolute Gasteiger partial charge is 0.406 e. The van der Waals surface area contributed by atoms with E-state index in [0.29, 0.717) is 4.90 Å². The van der Waals surface area contributed by atoms with Crippen molar-refractivity contribution in [2.45, 2.75) is 25.9 Å². The Bertz CT molecular complexity index is 412. The average Bonchev–Trinajstić information content (AvgIpc) is 2.69. The van der Waals surface area contributed by atoms with Gasteiger partial charge in [0.25, 0.3) is 0 Å². The quantitative estimate of drug-likeness (QED) is 0.724. The van der Waals surface area contributed by atoms with Crippen molar-refractivity contribution >= 4 is 17.8 Å². The molecule has 21 heavy (non-hydrogen) atoms. The van der Waals surface area contributed by atoms with E-state index in [9.17, 15) is 27.6 Å². The van der Waals surface area contributed by atoms with Crippen LogP contribution in [0.4, 0.5) is 13.2 Å². The number of esters is 1. The van der Waals surface area contributed by atoms with Crippen LogP contribution in [0.5, 0.6) is 0 Å². The molecule has 1 saturated heterocycles. The Morgan fingerprint density at radius 2 is 2.10 bits per heavy atom. The van der Waals surface area contributed by atoms with E-state index >= 15 is 0 Å². The molecule has 6 nitrogen and oxygen atoms in total. The van der Waals surface area contributed by atoms with Crippen molar-refractivity contribution in [3.8, 4) is 0 Å². The van der Waals surface area contributed by atoms with Crippen LogP contribution in [0.1, 0.15) is 19.8 Å². The summed E-state index contributed by atoms with van der Waals surface area (Å²) in [4.78, 5) is 34.8. The third kappa shape index (κ3) is 6.01. The van der Waals surface area contributed by atoms with Crippen LogP contribution in [0.2, 0.25) is 0 Å². The van der Waals surface area contributed by atoms with Crippen molar-refractivity contribution in [2.75, 3.05) is 26.2 Å². The van der Waals surface area contributed by atoms with Crippen molar-refractivity contribution in [1.29, 1.82) is 0 Å². The van der Waals surface area contributed by atoms with Crippen LogP contribution in [-0.2, 0) is 19.1 Å². The van der Waals surface area contributed by atoms with Crippen molar-refractivity contribution < 1.29 is 32.3 Å². The number of hydrogen-bond acceptors (Lipinski definition) is 4. The highest BCUT2D eigenvalue weighted by Gasteiger charge is 2.40. The summed E-state index contributed by atoms with van der Waals surface area (Å²) >= 11 is 0. The van der Waals surface area contributed by atoms with Gasteiger partial charge in [0.15, 0.2) is 0 Å². The molecule has 1 N–H and O–H groups in total. The Balaban J connectivity index is 2.36. The Morgan fingerprint density at radius 1 is 1.43 bits per heavy atom. The molecule has 2 amide bonds. The van der Waals surface area contributed by atoms with Gasteiger partial charge in [0.05, 0.1) is 18.9 Å². The Morgan fingerprint density at radius 3 is 2.67 bits per heavy atom. The number of rotatable bonds is 6. The molecule has 0 aromatic rings. The second-order valence-electron chi connectivity index (χ2n) is 4.64. The number of carbonyl (C=O) groups excluding carboxylic acids is 3. The van der Waals surface area contributed by atoms with Gasteiger partial charge in [0, 0.05) is 19.5 Å². The first-order valence-electron chi connectivity index (χ1n) is 6.50. The molecular formula is C12H17F3N2O4. The zero-order valence-corrected chi connectivity index (χ0v) is 11.5. The van der Waals surface area contributed by atoms with Crippen LogP contribution in [0.15, 0.2) is 0 Å². The zero-order chi connectivity index (χ0) is 16.0. The maximum absolute atomic E-state index is 12.2. The van der Waals surface area contributed by atoms with E-state index < -0.39 is 36.4 Å². The molecule has 1 fully saturated rings. The molecule has 1 atom stereocenters. The Kier molecular flexibility index (Phi) is 5.98. The minimum absolute atomic E-state index is 0.0213. The second-order valence-corrected chi connectivity index (χ2v) is 4.64. The fourth-order valence-electron chi connectivity index (χ4n) is 1.98. The van der Waals surface area contributed by atoms with Crippen LogP contribution in [0.3, 0.4) is 0 Å². The molecule has 0 aromatic carbocycles. The van der Waals surface area contributed by atoms with Gasteiger partial charge in [-0.25, -0.2) is 0 Å². The first-order valence-corrected chi connectivity index (χ1v) is 6.50. The van der Waals surface area contributed by atoms with Crippen molar-refractivity contribution in [1.82, 2.24) is 10.2 Å². The fraction of sp³-hybridized carbons (Fsp3) is 0.750. The van der Waals surface area contributed by atoms with Crippen molar-refractivity contribution in [3.63, 3.8) is 0 Å². The fourth-order valence-corrected chi connectivity index (χ4v) is 1.98. The number of hydrogen-bond donors (Lipinski definition) is 1. The highest BCUT2D eigenvalue weighted by molar-refractivity contribution is 5.89. The summed E-state index contributed by atoms with van der Waals surface area (Å²) in [6.45, 7) is 0.301. The normalized spacial score (nSPS) is 18.8. The maximum Gasteiger partial charge on any atom is 0.406 e. The summed E-state index contributed by atoms with van der Waals surface area (Å²) in [6, 6.07) is 0. The molecular weight excluding hydrogens is 293 g/mol. The van der Waals surface area contributed by atoms with E-state index in [1.807, 2.05) is 0 Å². The average molecular weight is 310 g/mol. The zero-order valence-electron chi connectivity index (χ0n) is 11.5. The van der Waals surface area contributed by atoms with Gasteiger partial charge in [-0.05, 0) is 6.92 Å². The summed E-state index contributed by atoms with van der Waals surface area (Å²) in [6.07, 6.45) is -4.75.